The molecule has 0 atom stereocenters. The molecule has 1 rings (SSSR count). The molecule has 0 spiro atoms. The van der Waals surface area contributed by atoms with Crippen LogP contribution in [0.15, 0.2) is 0 Å². The lowest BCUT2D eigenvalue weighted by atomic mass is 10.3. The Morgan fingerprint density at radius 2 is 1.83 bits per heavy atom. The van der Waals surface area contributed by atoms with Crippen molar-refractivity contribution < 1.29 is 19.5 Å². The van der Waals surface area contributed by atoms with E-state index in [2.05, 4.69) is 10.6 Å². The summed E-state index contributed by atoms with van der Waals surface area (Å²) in [5.74, 6) is -1.19. The summed E-state index contributed by atoms with van der Waals surface area (Å²) in [5, 5.41) is 13.1. The normalized spacial score (nSPS) is 14.3. The zero-order valence-corrected chi connectivity index (χ0v) is 10.4. The van der Waals surface area contributed by atoms with Gasteiger partial charge in [-0.25, -0.2) is 4.79 Å². The minimum absolute atomic E-state index is 0.0769. The third-order valence-corrected chi connectivity index (χ3v) is 2.78. The number of hydrogen-bond donors (Lipinski definition) is 3. The molecule has 1 fully saturated rings. The fraction of sp³-hybridized carbons (Fsp3) is 0.727. The van der Waals surface area contributed by atoms with Gasteiger partial charge in [-0.05, 0) is 12.8 Å². The van der Waals surface area contributed by atoms with Crippen LogP contribution in [0.4, 0.5) is 4.79 Å². The molecule has 0 aromatic rings. The van der Waals surface area contributed by atoms with Crippen LogP contribution in [0.25, 0.3) is 0 Å². The first-order valence-electron chi connectivity index (χ1n) is 6.00. The summed E-state index contributed by atoms with van der Waals surface area (Å²) >= 11 is 0. The number of nitrogens with zero attached hydrogens (tertiary/aromatic N) is 1. The van der Waals surface area contributed by atoms with Gasteiger partial charge in [0.15, 0.2) is 0 Å². The first-order valence-corrected chi connectivity index (χ1v) is 6.00. The molecular formula is C11H19N3O4. The number of rotatable bonds is 7. The van der Waals surface area contributed by atoms with Gasteiger partial charge in [-0.3, -0.25) is 19.8 Å². The summed E-state index contributed by atoms with van der Waals surface area (Å²) in [6, 6.07) is -0.124. The highest BCUT2D eigenvalue weighted by Crippen LogP contribution is 2.26. The van der Waals surface area contributed by atoms with E-state index in [1.165, 1.54) is 7.05 Å². The topological polar surface area (TPSA) is 98.7 Å². The predicted octanol–water partition coefficient (Wildman–Crippen LogP) is -0.229. The Kier molecular flexibility index (Phi) is 5.57. The highest BCUT2D eigenvalue weighted by atomic mass is 16.4. The SMILES string of the molecule is CNC(=O)NC(=O)CCN(CCC(=O)O)C1CC1. The highest BCUT2D eigenvalue weighted by molar-refractivity contribution is 5.94. The summed E-state index contributed by atoms with van der Waals surface area (Å²) in [6.07, 6.45) is 2.38. The average molecular weight is 257 g/mol. The van der Waals surface area contributed by atoms with E-state index in [-0.39, 0.29) is 18.7 Å². The van der Waals surface area contributed by atoms with E-state index >= 15 is 0 Å². The maximum atomic E-state index is 11.4. The molecule has 0 bridgehead atoms. The Labute approximate surface area is 106 Å². The summed E-state index contributed by atoms with van der Waals surface area (Å²) < 4.78 is 0. The van der Waals surface area contributed by atoms with E-state index in [9.17, 15) is 14.4 Å². The number of aliphatic carboxylic acids is 1. The zero-order valence-electron chi connectivity index (χ0n) is 10.4. The molecule has 102 valence electrons. The van der Waals surface area contributed by atoms with Crippen LogP contribution < -0.4 is 10.6 Å². The molecule has 18 heavy (non-hydrogen) atoms. The van der Waals surface area contributed by atoms with Crippen molar-refractivity contribution in [2.45, 2.75) is 31.7 Å². The average Bonchev–Trinajstić information content (AvgIpc) is 3.12. The summed E-state index contributed by atoms with van der Waals surface area (Å²) in [7, 11) is 1.44. The van der Waals surface area contributed by atoms with Gasteiger partial charge in [-0.15, -0.1) is 0 Å². The molecular weight excluding hydrogens is 238 g/mol. The highest BCUT2D eigenvalue weighted by Gasteiger charge is 2.29. The van der Waals surface area contributed by atoms with Crippen LogP contribution >= 0.6 is 0 Å². The minimum atomic E-state index is -0.838. The number of imide groups is 1. The van der Waals surface area contributed by atoms with Crippen molar-refractivity contribution in [3.63, 3.8) is 0 Å². The number of carboxylic acid groups (broad SMARTS) is 1. The van der Waals surface area contributed by atoms with Crippen molar-refractivity contribution in [2.24, 2.45) is 0 Å². The lowest BCUT2D eigenvalue weighted by Gasteiger charge is -2.20. The largest absolute Gasteiger partial charge is 0.481 e. The number of hydrogen-bond acceptors (Lipinski definition) is 4. The Bertz CT molecular complexity index is 328. The number of urea groups is 1. The lowest BCUT2D eigenvalue weighted by Crippen LogP contribution is -2.39. The van der Waals surface area contributed by atoms with Gasteiger partial charge in [0, 0.05) is 32.6 Å². The minimum Gasteiger partial charge on any atom is -0.481 e. The number of carbonyl (C=O) groups is 3. The Morgan fingerprint density at radius 3 is 2.33 bits per heavy atom. The molecule has 0 aliphatic heterocycles. The molecule has 1 aliphatic carbocycles. The van der Waals surface area contributed by atoms with Gasteiger partial charge in [-0.2, -0.15) is 0 Å². The quantitative estimate of drug-likeness (QED) is 0.585. The summed E-state index contributed by atoms with van der Waals surface area (Å²) in [6.45, 7) is 0.939. The van der Waals surface area contributed by atoms with Crippen LogP contribution in [0.1, 0.15) is 25.7 Å². The maximum Gasteiger partial charge on any atom is 0.321 e. The van der Waals surface area contributed by atoms with E-state index < -0.39 is 12.0 Å². The van der Waals surface area contributed by atoms with Gasteiger partial charge in [0.25, 0.3) is 0 Å². The molecule has 7 nitrogen and oxygen atoms in total. The zero-order chi connectivity index (χ0) is 13.5. The molecule has 7 heteroatoms. The van der Waals surface area contributed by atoms with Gasteiger partial charge < -0.3 is 10.4 Å². The van der Waals surface area contributed by atoms with E-state index in [0.29, 0.717) is 19.1 Å². The van der Waals surface area contributed by atoms with Gasteiger partial charge in [-0.1, -0.05) is 0 Å². The summed E-state index contributed by atoms with van der Waals surface area (Å²) in [4.78, 5) is 34.8. The molecule has 0 radical (unpaired) electrons. The first-order chi connectivity index (χ1) is 8.52. The van der Waals surface area contributed by atoms with Gasteiger partial charge in [0.1, 0.15) is 0 Å². The van der Waals surface area contributed by atoms with Crippen molar-refractivity contribution >= 4 is 17.9 Å². The van der Waals surface area contributed by atoms with Crippen LogP contribution in [-0.4, -0.2) is 54.1 Å². The van der Waals surface area contributed by atoms with E-state index in [1.807, 2.05) is 4.90 Å². The molecule has 0 aromatic heterocycles. The van der Waals surface area contributed by atoms with E-state index in [0.717, 1.165) is 12.8 Å². The van der Waals surface area contributed by atoms with Crippen molar-refractivity contribution in [2.75, 3.05) is 20.1 Å². The second-order valence-electron chi connectivity index (χ2n) is 4.29. The van der Waals surface area contributed by atoms with Gasteiger partial charge in [0.05, 0.1) is 6.42 Å². The smallest absolute Gasteiger partial charge is 0.321 e. The number of carbonyl (C=O) groups excluding carboxylic acids is 2. The summed E-state index contributed by atoms with van der Waals surface area (Å²) in [5.41, 5.74) is 0. The number of amides is 3. The molecule has 1 aliphatic rings. The third-order valence-electron chi connectivity index (χ3n) is 2.78. The van der Waals surface area contributed by atoms with Crippen molar-refractivity contribution in [1.29, 1.82) is 0 Å². The lowest BCUT2D eigenvalue weighted by molar-refractivity contribution is -0.137. The molecule has 0 aromatic carbocycles. The molecule has 0 unspecified atom stereocenters. The fourth-order valence-corrected chi connectivity index (χ4v) is 1.65. The first kappa shape index (κ1) is 14.4. The van der Waals surface area contributed by atoms with Crippen LogP contribution in [0.5, 0.6) is 0 Å². The van der Waals surface area contributed by atoms with Crippen LogP contribution in [0.3, 0.4) is 0 Å². The second kappa shape index (κ2) is 6.95. The van der Waals surface area contributed by atoms with Crippen LogP contribution in [0, 0.1) is 0 Å². The van der Waals surface area contributed by atoms with Gasteiger partial charge >= 0.3 is 12.0 Å². The van der Waals surface area contributed by atoms with E-state index in [1.54, 1.807) is 0 Å². The molecule has 0 saturated heterocycles. The monoisotopic (exact) mass is 257 g/mol. The third kappa shape index (κ3) is 5.62. The van der Waals surface area contributed by atoms with Gasteiger partial charge in [0.2, 0.25) is 5.91 Å². The second-order valence-corrected chi connectivity index (χ2v) is 4.29. The van der Waals surface area contributed by atoms with E-state index in [4.69, 9.17) is 5.11 Å². The molecule has 3 N–H and O–H groups in total. The number of carboxylic acids is 1. The molecule has 1 saturated carbocycles. The van der Waals surface area contributed by atoms with Crippen LogP contribution in [0.2, 0.25) is 0 Å². The molecule has 0 heterocycles. The number of nitrogens with one attached hydrogen (secondary N) is 2. The Hall–Kier alpha value is -1.63. The maximum absolute atomic E-state index is 11.4. The molecule has 3 amide bonds. The fourth-order valence-electron chi connectivity index (χ4n) is 1.65. The van der Waals surface area contributed by atoms with Crippen molar-refractivity contribution in [3.8, 4) is 0 Å². The standard InChI is InChI=1S/C11H19N3O4/c1-12-11(18)13-9(15)4-6-14(8-2-3-8)7-5-10(16)17/h8H,2-7H2,1H3,(H,16,17)(H2,12,13,15,18). The predicted molar refractivity (Wildman–Crippen MR) is 64.1 cm³/mol. The van der Waals surface area contributed by atoms with Crippen molar-refractivity contribution in [1.82, 2.24) is 15.5 Å². The van der Waals surface area contributed by atoms with Crippen molar-refractivity contribution in [3.05, 3.63) is 0 Å². The Balaban J connectivity index is 2.26. The van der Waals surface area contributed by atoms with Crippen LogP contribution in [-0.2, 0) is 9.59 Å². The Morgan fingerprint density at radius 1 is 1.22 bits per heavy atom.